The first kappa shape index (κ1) is 17.4. The first-order valence-corrected chi connectivity index (χ1v) is 8.57. The van der Waals surface area contributed by atoms with Crippen LogP contribution in [0, 0.1) is 18.6 Å². The van der Waals surface area contributed by atoms with Crippen molar-refractivity contribution in [2.45, 2.75) is 6.92 Å². The number of para-hydroxylation sites is 1. The van der Waals surface area contributed by atoms with Crippen LogP contribution in [0.5, 0.6) is 0 Å². The van der Waals surface area contributed by atoms with Crippen molar-refractivity contribution in [3.8, 4) is 17.1 Å². The monoisotopic (exact) mass is 382 g/mol. The minimum absolute atomic E-state index is 0.00950. The van der Waals surface area contributed by atoms with Gasteiger partial charge in [0.05, 0.1) is 21.6 Å². The molecule has 0 N–H and O–H groups in total. The molecule has 0 aliphatic carbocycles. The third-order valence-corrected chi connectivity index (χ3v) is 4.60. The van der Waals surface area contributed by atoms with Crippen LogP contribution in [-0.4, -0.2) is 9.55 Å². The number of rotatable bonds is 2. The van der Waals surface area contributed by atoms with E-state index in [1.54, 1.807) is 36.4 Å². The van der Waals surface area contributed by atoms with E-state index < -0.39 is 17.2 Å². The van der Waals surface area contributed by atoms with Gasteiger partial charge in [0, 0.05) is 11.6 Å². The number of benzene rings is 3. The topological polar surface area (TPSA) is 34.9 Å². The van der Waals surface area contributed by atoms with Gasteiger partial charge in [0.15, 0.2) is 11.6 Å². The van der Waals surface area contributed by atoms with Crippen molar-refractivity contribution in [3.63, 3.8) is 0 Å². The van der Waals surface area contributed by atoms with Crippen molar-refractivity contribution in [3.05, 3.63) is 93.2 Å². The molecule has 0 unspecified atom stereocenters. The normalized spacial score (nSPS) is 11.1. The zero-order valence-corrected chi connectivity index (χ0v) is 15.0. The Labute approximate surface area is 158 Å². The van der Waals surface area contributed by atoms with E-state index in [1.165, 1.54) is 4.57 Å². The number of hydrogen-bond acceptors (Lipinski definition) is 2. The van der Waals surface area contributed by atoms with Gasteiger partial charge in [-0.2, -0.15) is 0 Å². The molecule has 1 aromatic heterocycles. The Balaban J connectivity index is 2.16. The summed E-state index contributed by atoms with van der Waals surface area (Å²) in [7, 11) is 0. The highest BCUT2D eigenvalue weighted by Crippen LogP contribution is 2.29. The summed E-state index contributed by atoms with van der Waals surface area (Å²) in [5, 5.41) is 0.401. The van der Waals surface area contributed by atoms with Crippen LogP contribution in [0.25, 0.3) is 28.0 Å². The van der Waals surface area contributed by atoms with Gasteiger partial charge in [0.1, 0.15) is 5.82 Å². The number of fused-ring (bicyclic) bond motifs is 1. The van der Waals surface area contributed by atoms with Gasteiger partial charge in [0.25, 0.3) is 5.56 Å². The smallest absolute Gasteiger partial charge is 0.266 e. The maximum absolute atomic E-state index is 13.7. The minimum Gasteiger partial charge on any atom is -0.268 e. The fraction of sp³-hybridized carbons (Fsp3) is 0.0476. The second-order valence-electron chi connectivity index (χ2n) is 6.18. The number of aromatic nitrogens is 2. The van der Waals surface area contributed by atoms with Crippen LogP contribution in [0.3, 0.4) is 0 Å². The molecule has 0 bridgehead atoms. The summed E-state index contributed by atoms with van der Waals surface area (Å²) in [6, 6.07) is 16.0. The summed E-state index contributed by atoms with van der Waals surface area (Å²) >= 11 is 6.39. The fourth-order valence-corrected chi connectivity index (χ4v) is 3.30. The largest absolute Gasteiger partial charge is 0.268 e. The number of aryl methyl sites for hydroxylation is 1. The van der Waals surface area contributed by atoms with Crippen LogP contribution in [0.4, 0.5) is 8.78 Å². The molecule has 0 atom stereocenters. The first-order valence-electron chi connectivity index (χ1n) is 8.19. The lowest BCUT2D eigenvalue weighted by Crippen LogP contribution is -2.22. The van der Waals surface area contributed by atoms with Gasteiger partial charge < -0.3 is 0 Å². The summed E-state index contributed by atoms with van der Waals surface area (Å²) in [6.07, 6.45) is 0. The first-order chi connectivity index (χ1) is 13.0. The van der Waals surface area contributed by atoms with Crippen LogP contribution >= 0.6 is 11.6 Å². The second-order valence-corrected chi connectivity index (χ2v) is 6.59. The van der Waals surface area contributed by atoms with E-state index in [2.05, 4.69) is 4.98 Å². The maximum Gasteiger partial charge on any atom is 0.266 e. The average Bonchev–Trinajstić information content (AvgIpc) is 2.64. The van der Waals surface area contributed by atoms with Crippen LogP contribution in [0.2, 0.25) is 5.02 Å². The van der Waals surface area contributed by atoms with Gasteiger partial charge in [-0.05, 0) is 42.8 Å². The van der Waals surface area contributed by atoms with Gasteiger partial charge >= 0.3 is 0 Å². The van der Waals surface area contributed by atoms with E-state index in [4.69, 9.17) is 11.6 Å². The molecule has 0 amide bonds. The molecule has 27 heavy (non-hydrogen) atoms. The number of hydrogen-bond donors (Lipinski definition) is 0. The molecule has 0 saturated heterocycles. The van der Waals surface area contributed by atoms with Crippen molar-refractivity contribution < 1.29 is 8.78 Å². The number of halogens is 3. The molecule has 4 aromatic rings. The van der Waals surface area contributed by atoms with Crippen molar-refractivity contribution in [1.29, 1.82) is 0 Å². The SMILES string of the molecule is Cc1ccc(-c2nc3cc(F)c(F)cc3c(=O)n2-c2ccccc2)c(Cl)c1. The van der Waals surface area contributed by atoms with Gasteiger partial charge in [-0.15, -0.1) is 0 Å². The van der Waals surface area contributed by atoms with E-state index in [1.807, 2.05) is 19.1 Å². The molecule has 0 saturated carbocycles. The van der Waals surface area contributed by atoms with E-state index in [9.17, 15) is 13.6 Å². The van der Waals surface area contributed by atoms with Crippen LogP contribution in [0.1, 0.15) is 5.56 Å². The Hall–Kier alpha value is -3.05. The lowest BCUT2D eigenvalue weighted by Gasteiger charge is -2.15. The van der Waals surface area contributed by atoms with Crippen molar-refractivity contribution in [1.82, 2.24) is 9.55 Å². The highest BCUT2D eigenvalue weighted by atomic mass is 35.5. The van der Waals surface area contributed by atoms with Gasteiger partial charge in [0.2, 0.25) is 0 Å². The maximum atomic E-state index is 13.7. The molecule has 134 valence electrons. The minimum atomic E-state index is -1.10. The molecule has 4 rings (SSSR count). The van der Waals surface area contributed by atoms with E-state index in [0.29, 0.717) is 16.3 Å². The fourth-order valence-electron chi connectivity index (χ4n) is 2.98. The second kappa shape index (κ2) is 6.59. The molecule has 1 heterocycles. The quantitative estimate of drug-likeness (QED) is 0.472. The lowest BCUT2D eigenvalue weighted by molar-refractivity contribution is 0.510. The standard InChI is InChI=1S/C21H13ClF2N2O/c1-12-7-8-14(16(22)9-12)20-25-19-11-18(24)17(23)10-15(19)21(27)26(20)13-5-3-2-4-6-13/h2-11H,1H3. The Kier molecular flexibility index (Phi) is 4.24. The highest BCUT2D eigenvalue weighted by Gasteiger charge is 2.18. The summed E-state index contributed by atoms with van der Waals surface area (Å²) in [5.41, 5.74) is 1.59. The molecule has 0 radical (unpaired) electrons. The van der Waals surface area contributed by atoms with Gasteiger partial charge in [-0.3, -0.25) is 9.36 Å². The van der Waals surface area contributed by atoms with Gasteiger partial charge in [-0.25, -0.2) is 13.8 Å². The predicted molar refractivity (Wildman–Crippen MR) is 102 cm³/mol. The van der Waals surface area contributed by atoms with Crippen molar-refractivity contribution >= 4 is 22.5 Å². The third kappa shape index (κ3) is 3.00. The summed E-state index contributed by atoms with van der Waals surface area (Å²) < 4.78 is 28.8. The zero-order chi connectivity index (χ0) is 19.1. The molecule has 0 fully saturated rings. The molecule has 0 spiro atoms. The molecule has 0 aliphatic rings. The molecular formula is C21H13ClF2N2O. The number of nitrogens with zero attached hydrogens (tertiary/aromatic N) is 2. The van der Waals surface area contributed by atoms with Crippen molar-refractivity contribution in [2.75, 3.05) is 0 Å². The summed E-state index contributed by atoms with van der Waals surface area (Å²) in [5.74, 6) is -1.90. The Morgan fingerprint density at radius 2 is 1.67 bits per heavy atom. The van der Waals surface area contributed by atoms with Crippen LogP contribution < -0.4 is 5.56 Å². The third-order valence-electron chi connectivity index (χ3n) is 4.29. The average molecular weight is 383 g/mol. The molecule has 3 aromatic carbocycles. The summed E-state index contributed by atoms with van der Waals surface area (Å²) in [6.45, 7) is 1.89. The Bertz CT molecular complexity index is 1240. The van der Waals surface area contributed by atoms with Crippen molar-refractivity contribution in [2.24, 2.45) is 0 Å². The van der Waals surface area contributed by atoms with E-state index in [-0.39, 0.29) is 16.7 Å². The lowest BCUT2D eigenvalue weighted by atomic mass is 10.1. The zero-order valence-electron chi connectivity index (χ0n) is 14.2. The van der Waals surface area contributed by atoms with E-state index in [0.717, 1.165) is 17.7 Å². The molecule has 0 aliphatic heterocycles. The summed E-state index contributed by atoms with van der Waals surface area (Å²) in [4.78, 5) is 17.6. The van der Waals surface area contributed by atoms with Crippen LogP contribution in [-0.2, 0) is 0 Å². The van der Waals surface area contributed by atoms with Gasteiger partial charge in [-0.1, -0.05) is 35.9 Å². The highest BCUT2D eigenvalue weighted by molar-refractivity contribution is 6.33. The van der Waals surface area contributed by atoms with Crippen LogP contribution in [0.15, 0.2) is 65.5 Å². The Morgan fingerprint density at radius 1 is 0.963 bits per heavy atom. The molecular weight excluding hydrogens is 370 g/mol. The Morgan fingerprint density at radius 3 is 2.37 bits per heavy atom. The molecule has 6 heteroatoms. The van der Waals surface area contributed by atoms with E-state index >= 15 is 0 Å². The predicted octanol–water partition coefficient (Wildman–Crippen LogP) is 5.29. The molecule has 3 nitrogen and oxygen atoms in total.